The summed E-state index contributed by atoms with van der Waals surface area (Å²) in [7, 11) is 0. The molecular formula is C15H27NO3. The molecule has 1 unspecified atom stereocenters. The van der Waals surface area contributed by atoms with E-state index in [2.05, 4.69) is 11.8 Å². The smallest absolute Gasteiger partial charge is 0.305 e. The Hall–Kier alpha value is -0.900. The lowest BCUT2D eigenvalue weighted by atomic mass is 9.94. The second-order valence-corrected chi connectivity index (χ2v) is 5.24. The van der Waals surface area contributed by atoms with Gasteiger partial charge in [-0.05, 0) is 32.7 Å². The number of rotatable bonds is 8. The van der Waals surface area contributed by atoms with E-state index in [0.29, 0.717) is 25.2 Å². The molecule has 1 heterocycles. The summed E-state index contributed by atoms with van der Waals surface area (Å²) in [4.78, 5) is 25.2. The van der Waals surface area contributed by atoms with Crippen LogP contribution in [0.25, 0.3) is 0 Å². The molecule has 0 aliphatic carbocycles. The monoisotopic (exact) mass is 269 g/mol. The Bertz CT molecular complexity index is 291. The van der Waals surface area contributed by atoms with Crippen LogP contribution in [0.4, 0.5) is 0 Å². The van der Waals surface area contributed by atoms with Crippen LogP contribution in [0.15, 0.2) is 0 Å². The van der Waals surface area contributed by atoms with Gasteiger partial charge in [0.2, 0.25) is 0 Å². The van der Waals surface area contributed by atoms with Crippen LogP contribution < -0.4 is 0 Å². The molecule has 0 aromatic carbocycles. The van der Waals surface area contributed by atoms with Crippen LogP contribution in [0.3, 0.4) is 0 Å². The lowest BCUT2D eigenvalue weighted by Gasteiger charge is -2.31. The maximum atomic E-state index is 11.6. The molecule has 1 aliphatic rings. The van der Waals surface area contributed by atoms with Crippen LogP contribution in [0.1, 0.15) is 52.4 Å². The van der Waals surface area contributed by atoms with E-state index in [1.165, 1.54) is 0 Å². The first-order chi connectivity index (χ1) is 9.17. The fourth-order valence-corrected chi connectivity index (χ4v) is 2.55. The van der Waals surface area contributed by atoms with Crippen molar-refractivity contribution in [3.8, 4) is 0 Å². The number of hydrogen-bond donors (Lipinski definition) is 0. The summed E-state index contributed by atoms with van der Waals surface area (Å²) in [5.41, 5.74) is 0. The summed E-state index contributed by atoms with van der Waals surface area (Å²) in [5.74, 6) is 0.589. The molecular weight excluding hydrogens is 242 g/mol. The summed E-state index contributed by atoms with van der Waals surface area (Å²) in [6.07, 6.45) is 5.26. The molecule has 1 fully saturated rings. The van der Waals surface area contributed by atoms with Gasteiger partial charge in [0.15, 0.2) is 0 Å². The number of piperidine rings is 1. The molecule has 0 saturated carbocycles. The zero-order chi connectivity index (χ0) is 14.1. The summed E-state index contributed by atoms with van der Waals surface area (Å²) in [5, 5.41) is 0. The zero-order valence-corrected chi connectivity index (χ0v) is 12.3. The van der Waals surface area contributed by atoms with Crippen LogP contribution >= 0.6 is 0 Å². The Kier molecular flexibility index (Phi) is 7.72. The molecule has 0 spiro atoms. The molecule has 110 valence electrons. The third-order valence-electron chi connectivity index (χ3n) is 3.76. The Balaban J connectivity index is 2.06. The van der Waals surface area contributed by atoms with E-state index in [1.54, 1.807) is 0 Å². The van der Waals surface area contributed by atoms with E-state index in [-0.39, 0.29) is 11.9 Å². The number of nitrogens with zero attached hydrogens (tertiary/aromatic N) is 1. The van der Waals surface area contributed by atoms with Crippen molar-refractivity contribution in [1.29, 1.82) is 0 Å². The molecule has 0 aromatic heterocycles. The first-order valence-electron chi connectivity index (χ1n) is 7.58. The highest BCUT2D eigenvalue weighted by Crippen LogP contribution is 2.16. The third kappa shape index (κ3) is 6.19. The lowest BCUT2D eigenvalue weighted by Crippen LogP contribution is -2.40. The standard InChI is InChI=1S/C15H27NO3/c1-3-13-12-16(11-9-14(13)17)10-7-5-6-8-15(18)19-4-2/h13H,3-12H2,1-2H3. The van der Waals surface area contributed by atoms with Gasteiger partial charge in [-0.1, -0.05) is 13.3 Å². The van der Waals surface area contributed by atoms with Gasteiger partial charge in [0.05, 0.1) is 6.61 Å². The molecule has 0 aromatic rings. The molecule has 0 radical (unpaired) electrons. The second-order valence-electron chi connectivity index (χ2n) is 5.24. The Morgan fingerprint density at radius 2 is 2.11 bits per heavy atom. The minimum Gasteiger partial charge on any atom is -0.466 e. The topological polar surface area (TPSA) is 46.6 Å². The van der Waals surface area contributed by atoms with Crippen molar-refractivity contribution in [3.05, 3.63) is 0 Å². The van der Waals surface area contributed by atoms with Crippen LogP contribution in [0.5, 0.6) is 0 Å². The second kappa shape index (κ2) is 9.08. The predicted octanol–water partition coefficient (Wildman–Crippen LogP) is 2.41. The minimum absolute atomic E-state index is 0.0860. The molecule has 4 nitrogen and oxygen atoms in total. The highest BCUT2D eigenvalue weighted by molar-refractivity contribution is 5.82. The van der Waals surface area contributed by atoms with Gasteiger partial charge in [0, 0.05) is 31.8 Å². The van der Waals surface area contributed by atoms with Crippen molar-refractivity contribution < 1.29 is 14.3 Å². The molecule has 1 aliphatic heterocycles. The number of ketones is 1. The number of likely N-dealkylation sites (tertiary alicyclic amines) is 1. The maximum Gasteiger partial charge on any atom is 0.305 e. The van der Waals surface area contributed by atoms with Crippen LogP contribution in [-0.4, -0.2) is 42.9 Å². The van der Waals surface area contributed by atoms with Crippen molar-refractivity contribution in [3.63, 3.8) is 0 Å². The number of hydrogen-bond acceptors (Lipinski definition) is 4. The lowest BCUT2D eigenvalue weighted by molar-refractivity contribution is -0.143. The number of esters is 1. The maximum absolute atomic E-state index is 11.6. The number of ether oxygens (including phenoxy) is 1. The van der Waals surface area contributed by atoms with Gasteiger partial charge in [-0.15, -0.1) is 0 Å². The molecule has 1 saturated heterocycles. The average Bonchev–Trinajstić information content (AvgIpc) is 2.40. The normalized spacial score (nSPS) is 20.5. The van der Waals surface area contributed by atoms with Crippen molar-refractivity contribution in [2.45, 2.75) is 52.4 Å². The number of carbonyl (C=O) groups is 2. The van der Waals surface area contributed by atoms with Gasteiger partial charge in [-0.25, -0.2) is 0 Å². The fraction of sp³-hybridized carbons (Fsp3) is 0.867. The van der Waals surface area contributed by atoms with Crippen molar-refractivity contribution >= 4 is 11.8 Å². The van der Waals surface area contributed by atoms with Crippen LogP contribution in [0, 0.1) is 5.92 Å². The Morgan fingerprint density at radius 1 is 1.32 bits per heavy atom. The van der Waals surface area contributed by atoms with E-state index >= 15 is 0 Å². The van der Waals surface area contributed by atoms with E-state index in [9.17, 15) is 9.59 Å². The van der Waals surface area contributed by atoms with Crippen molar-refractivity contribution in [2.24, 2.45) is 5.92 Å². The minimum atomic E-state index is -0.0860. The van der Waals surface area contributed by atoms with E-state index < -0.39 is 0 Å². The Labute approximate surface area is 116 Å². The summed E-state index contributed by atoms with van der Waals surface area (Å²) in [6.45, 7) is 7.27. The largest absolute Gasteiger partial charge is 0.466 e. The SMILES string of the molecule is CCOC(=O)CCCCCN1CCC(=O)C(CC)C1. The number of Topliss-reactive ketones (excluding diaryl/α,β-unsaturated/α-hetero) is 1. The van der Waals surface area contributed by atoms with Crippen LogP contribution in [0.2, 0.25) is 0 Å². The van der Waals surface area contributed by atoms with E-state index in [1.807, 2.05) is 6.92 Å². The van der Waals surface area contributed by atoms with Gasteiger partial charge in [0.1, 0.15) is 5.78 Å². The summed E-state index contributed by atoms with van der Waals surface area (Å²) >= 11 is 0. The molecule has 19 heavy (non-hydrogen) atoms. The average molecular weight is 269 g/mol. The molecule has 4 heteroatoms. The number of carbonyl (C=O) groups excluding carboxylic acids is 2. The van der Waals surface area contributed by atoms with Crippen molar-refractivity contribution in [2.75, 3.05) is 26.2 Å². The molecule has 0 N–H and O–H groups in total. The molecule has 0 bridgehead atoms. The van der Waals surface area contributed by atoms with Gasteiger partial charge in [-0.3, -0.25) is 9.59 Å². The van der Waals surface area contributed by atoms with E-state index in [0.717, 1.165) is 45.3 Å². The molecule has 1 rings (SSSR count). The molecule has 1 atom stereocenters. The molecule has 0 amide bonds. The van der Waals surface area contributed by atoms with Gasteiger partial charge >= 0.3 is 5.97 Å². The predicted molar refractivity (Wildman–Crippen MR) is 74.9 cm³/mol. The van der Waals surface area contributed by atoms with Crippen LogP contribution in [-0.2, 0) is 14.3 Å². The quantitative estimate of drug-likeness (QED) is 0.501. The fourth-order valence-electron chi connectivity index (χ4n) is 2.55. The zero-order valence-electron chi connectivity index (χ0n) is 12.3. The van der Waals surface area contributed by atoms with Gasteiger partial charge < -0.3 is 9.64 Å². The first-order valence-corrected chi connectivity index (χ1v) is 7.58. The first kappa shape index (κ1) is 16.2. The highest BCUT2D eigenvalue weighted by atomic mass is 16.5. The third-order valence-corrected chi connectivity index (χ3v) is 3.76. The van der Waals surface area contributed by atoms with Gasteiger partial charge in [-0.2, -0.15) is 0 Å². The van der Waals surface area contributed by atoms with Gasteiger partial charge in [0.25, 0.3) is 0 Å². The summed E-state index contributed by atoms with van der Waals surface area (Å²) in [6, 6.07) is 0. The van der Waals surface area contributed by atoms with Crippen molar-refractivity contribution in [1.82, 2.24) is 4.90 Å². The number of unbranched alkanes of at least 4 members (excludes halogenated alkanes) is 2. The Morgan fingerprint density at radius 3 is 2.79 bits per heavy atom. The summed E-state index contributed by atoms with van der Waals surface area (Å²) < 4.78 is 4.89. The van der Waals surface area contributed by atoms with E-state index in [4.69, 9.17) is 4.74 Å². The highest BCUT2D eigenvalue weighted by Gasteiger charge is 2.24.